The van der Waals surface area contributed by atoms with Crippen LogP contribution in [0.5, 0.6) is 0 Å². The molecule has 0 saturated carbocycles. The van der Waals surface area contributed by atoms with Crippen molar-refractivity contribution in [3.05, 3.63) is 23.8 Å². The second-order valence-corrected chi connectivity index (χ2v) is 6.70. The predicted octanol–water partition coefficient (Wildman–Crippen LogP) is 2.65. The molecule has 1 aliphatic heterocycles. The van der Waals surface area contributed by atoms with Crippen LogP contribution in [0.2, 0.25) is 0 Å². The summed E-state index contributed by atoms with van der Waals surface area (Å²) in [5.41, 5.74) is 8.64. The third-order valence-electron chi connectivity index (χ3n) is 4.11. The van der Waals surface area contributed by atoms with Crippen LogP contribution in [-0.2, 0) is 6.54 Å². The molecule has 1 fully saturated rings. The van der Waals surface area contributed by atoms with E-state index in [1.807, 2.05) is 0 Å². The molecule has 4 heteroatoms. The molecule has 0 bridgehead atoms. The minimum Gasteiger partial charge on any atom is -0.371 e. The number of anilines is 1. The van der Waals surface area contributed by atoms with Crippen LogP contribution < -0.4 is 10.6 Å². The topological polar surface area (TPSA) is 32.5 Å². The van der Waals surface area contributed by atoms with E-state index in [2.05, 4.69) is 48.4 Å². The van der Waals surface area contributed by atoms with Gasteiger partial charge in [-0.2, -0.15) is 0 Å². The zero-order valence-electron chi connectivity index (χ0n) is 12.9. The second kappa shape index (κ2) is 7.34. The average molecular weight is 293 g/mol. The van der Waals surface area contributed by atoms with Crippen LogP contribution in [0, 0.1) is 5.92 Å². The number of thioether (sulfide) groups is 1. The maximum atomic E-state index is 5.98. The summed E-state index contributed by atoms with van der Waals surface area (Å²) in [5.74, 6) is 0.839. The van der Waals surface area contributed by atoms with Gasteiger partial charge in [-0.1, -0.05) is 6.07 Å². The Morgan fingerprint density at radius 2 is 2.00 bits per heavy atom. The highest BCUT2D eigenvalue weighted by atomic mass is 32.2. The van der Waals surface area contributed by atoms with Crippen molar-refractivity contribution in [2.24, 2.45) is 11.7 Å². The van der Waals surface area contributed by atoms with Crippen LogP contribution in [0.4, 0.5) is 5.69 Å². The molecule has 1 aromatic carbocycles. The maximum Gasteiger partial charge on any atom is 0.0423 e. The number of hydrogen-bond donors (Lipinski definition) is 1. The van der Waals surface area contributed by atoms with Gasteiger partial charge in [0.15, 0.2) is 0 Å². The van der Waals surface area contributed by atoms with E-state index in [1.54, 1.807) is 11.8 Å². The number of nitrogens with two attached hydrogens (primary N) is 1. The Morgan fingerprint density at radius 3 is 2.55 bits per heavy atom. The standard InChI is InChI=1S/C16H27N3S/c1-18(2)12-13-7-9-19(10-8-13)15-5-4-6-16(20-3)14(15)11-17/h4-6,13H,7-12,17H2,1-3H3. The van der Waals surface area contributed by atoms with E-state index >= 15 is 0 Å². The maximum absolute atomic E-state index is 5.98. The van der Waals surface area contributed by atoms with Crippen LogP contribution in [0.1, 0.15) is 18.4 Å². The van der Waals surface area contributed by atoms with Gasteiger partial charge in [0, 0.05) is 42.3 Å². The summed E-state index contributed by atoms with van der Waals surface area (Å²) in [6.07, 6.45) is 4.69. The van der Waals surface area contributed by atoms with Crippen molar-refractivity contribution >= 4 is 17.4 Å². The Morgan fingerprint density at radius 1 is 1.30 bits per heavy atom. The fraction of sp³-hybridized carbons (Fsp3) is 0.625. The predicted molar refractivity (Wildman–Crippen MR) is 89.6 cm³/mol. The largest absolute Gasteiger partial charge is 0.371 e. The van der Waals surface area contributed by atoms with E-state index in [4.69, 9.17) is 5.73 Å². The van der Waals surface area contributed by atoms with Gasteiger partial charge in [0.1, 0.15) is 0 Å². The summed E-state index contributed by atoms with van der Waals surface area (Å²) >= 11 is 1.79. The lowest BCUT2D eigenvalue weighted by Crippen LogP contribution is -2.37. The van der Waals surface area contributed by atoms with Crippen molar-refractivity contribution in [3.8, 4) is 0 Å². The molecule has 1 heterocycles. The van der Waals surface area contributed by atoms with Crippen LogP contribution in [0.3, 0.4) is 0 Å². The molecule has 0 amide bonds. The van der Waals surface area contributed by atoms with Gasteiger partial charge in [0.2, 0.25) is 0 Å². The molecule has 0 radical (unpaired) electrons. The van der Waals surface area contributed by atoms with Crippen molar-refractivity contribution in [1.82, 2.24) is 4.90 Å². The summed E-state index contributed by atoms with van der Waals surface area (Å²) in [5, 5.41) is 0. The summed E-state index contributed by atoms with van der Waals surface area (Å²) in [6.45, 7) is 4.15. The molecule has 0 aromatic heterocycles. The molecule has 0 unspecified atom stereocenters. The van der Waals surface area contributed by atoms with E-state index in [0.717, 1.165) is 19.0 Å². The van der Waals surface area contributed by atoms with Gasteiger partial charge in [-0.25, -0.2) is 0 Å². The summed E-state index contributed by atoms with van der Waals surface area (Å²) in [4.78, 5) is 6.15. The molecule has 112 valence electrons. The number of nitrogens with zero attached hydrogens (tertiary/aromatic N) is 2. The van der Waals surface area contributed by atoms with Crippen molar-refractivity contribution in [1.29, 1.82) is 0 Å². The lowest BCUT2D eigenvalue weighted by atomic mass is 9.95. The molecular formula is C16H27N3S. The van der Waals surface area contributed by atoms with Crippen LogP contribution in [-0.4, -0.2) is 44.9 Å². The second-order valence-electron chi connectivity index (χ2n) is 5.85. The highest BCUT2D eigenvalue weighted by molar-refractivity contribution is 7.98. The Kier molecular flexibility index (Phi) is 5.75. The molecule has 20 heavy (non-hydrogen) atoms. The summed E-state index contributed by atoms with van der Waals surface area (Å²) in [7, 11) is 4.34. The third kappa shape index (κ3) is 3.68. The lowest BCUT2D eigenvalue weighted by Gasteiger charge is -2.36. The van der Waals surface area contributed by atoms with E-state index in [0.29, 0.717) is 6.54 Å². The molecule has 0 atom stereocenters. The molecule has 2 rings (SSSR count). The Labute approximate surface area is 127 Å². The first-order valence-electron chi connectivity index (χ1n) is 7.41. The van der Waals surface area contributed by atoms with Gasteiger partial charge in [0.05, 0.1) is 0 Å². The smallest absolute Gasteiger partial charge is 0.0423 e. The van der Waals surface area contributed by atoms with Gasteiger partial charge in [-0.05, 0) is 51.2 Å². The third-order valence-corrected chi connectivity index (χ3v) is 4.93. The van der Waals surface area contributed by atoms with Gasteiger partial charge in [0.25, 0.3) is 0 Å². The summed E-state index contributed by atoms with van der Waals surface area (Å²) in [6, 6.07) is 6.57. The van der Waals surface area contributed by atoms with E-state index in [9.17, 15) is 0 Å². The Bertz CT molecular complexity index is 426. The van der Waals surface area contributed by atoms with E-state index < -0.39 is 0 Å². The van der Waals surface area contributed by atoms with E-state index in [1.165, 1.54) is 35.5 Å². The Balaban J connectivity index is 2.07. The molecular weight excluding hydrogens is 266 g/mol. The first kappa shape index (κ1) is 15.7. The number of piperidine rings is 1. The highest BCUT2D eigenvalue weighted by Crippen LogP contribution is 2.32. The number of rotatable bonds is 5. The van der Waals surface area contributed by atoms with Gasteiger partial charge < -0.3 is 15.5 Å². The molecule has 1 aliphatic rings. The summed E-state index contributed by atoms with van der Waals surface area (Å²) < 4.78 is 0. The minimum absolute atomic E-state index is 0.629. The van der Waals surface area contributed by atoms with Crippen LogP contribution in [0.15, 0.2) is 23.1 Å². The molecule has 2 N–H and O–H groups in total. The van der Waals surface area contributed by atoms with Gasteiger partial charge in [-0.15, -0.1) is 11.8 Å². The Hall–Kier alpha value is -0.710. The van der Waals surface area contributed by atoms with E-state index in [-0.39, 0.29) is 0 Å². The molecule has 0 spiro atoms. The number of hydrogen-bond acceptors (Lipinski definition) is 4. The lowest BCUT2D eigenvalue weighted by molar-refractivity contribution is 0.285. The zero-order valence-corrected chi connectivity index (χ0v) is 13.7. The molecule has 1 aromatic rings. The highest BCUT2D eigenvalue weighted by Gasteiger charge is 2.21. The fourth-order valence-electron chi connectivity index (χ4n) is 3.12. The normalized spacial score (nSPS) is 16.9. The van der Waals surface area contributed by atoms with Gasteiger partial charge >= 0.3 is 0 Å². The van der Waals surface area contributed by atoms with Gasteiger partial charge in [-0.3, -0.25) is 0 Å². The van der Waals surface area contributed by atoms with Crippen LogP contribution in [0.25, 0.3) is 0 Å². The molecule has 1 saturated heterocycles. The van der Waals surface area contributed by atoms with Crippen LogP contribution >= 0.6 is 11.8 Å². The van der Waals surface area contributed by atoms with Crippen molar-refractivity contribution in [2.75, 3.05) is 44.9 Å². The quantitative estimate of drug-likeness (QED) is 0.846. The minimum atomic E-state index is 0.629. The zero-order chi connectivity index (χ0) is 14.5. The first-order chi connectivity index (χ1) is 9.65. The van der Waals surface area contributed by atoms with Crippen molar-refractivity contribution < 1.29 is 0 Å². The SMILES string of the molecule is CSc1cccc(N2CCC(CN(C)C)CC2)c1CN. The molecule has 0 aliphatic carbocycles. The first-order valence-corrected chi connectivity index (χ1v) is 8.63. The van der Waals surface area contributed by atoms with Crippen molar-refractivity contribution in [2.45, 2.75) is 24.3 Å². The average Bonchev–Trinajstić information content (AvgIpc) is 2.46. The fourth-order valence-corrected chi connectivity index (χ4v) is 3.77. The molecule has 3 nitrogen and oxygen atoms in total. The van der Waals surface area contributed by atoms with Crippen molar-refractivity contribution in [3.63, 3.8) is 0 Å². The number of benzene rings is 1. The monoisotopic (exact) mass is 293 g/mol.